The lowest BCUT2D eigenvalue weighted by Gasteiger charge is -2.11. The number of ketones is 1. The van der Waals surface area contributed by atoms with Crippen LogP contribution in [0.15, 0.2) is 35.6 Å². The number of fused-ring (bicyclic) bond motifs is 1. The Morgan fingerprint density at radius 2 is 1.78 bits per heavy atom. The number of thioether (sulfide) groups is 1. The first-order valence-electron chi connectivity index (χ1n) is 7.56. The van der Waals surface area contributed by atoms with Crippen molar-refractivity contribution in [2.75, 3.05) is 0 Å². The molecule has 3 aromatic rings. The molecule has 0 unspecified atom stereocenters. The van der Waals surface area contributed by atoms with Crippen LogP contribution in [0.4, 0.5) is 0 Å². The number of hydrogen-bond donors (Lipinski definition) is 1. The zero-order chi connectivity index (χ0) is 16.6. The molecule has 5 heteroatoms. The zero-order valence-electron chi connectivity index (χ0n) is 13.7. The molecule has 0 amide bonds. The summed E-state index contributed by atoms with van der Waals surface area (Å²) in [6, 6.07) is 7.84. The Balaban J connectivity index is 1.86. The molecule has 23 heavy (non-hydrogen) atoms. The van der Waals surface area contributed by atoms with Gasteiger partial charge in [-0.3, -0.25) is 4.79 Å². The van der Waals surface area contributed by atoms with Gasteiger partial charge >= 0.3 is 0 Å². The largest absolute Gasteiger partial charge is 0.360 e. The second kappa shape index (κ2) is 6.16. The first-order chi connectivity index (χ1) is 11.0. The van der Waals surface area contributed by atoms with E-state index >= 15 is 0 Å². The molecule has 1 atom stereocenters. The van der Waals surface area contributed by atoms with Gasteiger partial charge in [-0.05, 0) is 39.3 Å². The maximum atomic E-state index is 12.8. The lowest BCUT2D eigenvalue weighted by atomic mass is 10.1. The Morgan fingerprint density at radius 1 is 1.13 bits per heavy atom. The minimum absolute atomic E-state index is 0.0898. The Bertz CT molecular complexity index is 862. The van der Waals surface area contributed by atoms with Crippen LogP contribution in [0.1, 0.15) is 34.2 Å². The van der Waals surface area contributed by atoms with Gasteiger partial charge in [0.05, 0.1) is 5.25 Å². The number of benzene rings is 1. The fourth-order valence-corrected chi connectivity index (χ4v) is 3.43. The summed E-state index contributed by atoms with van der Waals surface area (Å²) in [5.74, 6) is 0.0898. The smallest absolute Gasteiger partial charge is 0.188 e. The third-order valence-corrected chi connectivity index (χ3v) is 5.08. The summed E-state index contributed by atoms with van der Waals surface area (Å²) in [4.78, 5) is 24.9. The van der Waals surface area contributed by atoms with Crippen molar-refractivity contribution in [2.24, 2.45) is 0 Å². The number of Topliss-reactive ketones (excluding diaryl/α,β-unsaturated/α-hetero) is 1. The summed E-state index contributed by atoms with van der Waals surface area (Å²) in [6.07, 6.45) is 1.79. The molecule has 2 heterocycles. The van der Waals surface area contributed by atoms with E-state index in [1.54, 1.807) is 6.20 Å². The number of nitrogens with one attached hydrogen (secondary N) is 1. The number of H-pyrrole nitrogens is 1. The SMILES string of the molecule is Cc1nc(S[C@@H](C)C(=O)c2c[nH]c3ccccc23)nc(C)c1C. The van der Waals surface area contributed by atoms with Gasteiger partial charge in [0.2, 0.25) is 0 Å². The summed E-state index contributed by atoms with van der Waals surface area (Å²) in [5.41, 5.74) is 4.73. The van der Waals surface area contributed by atoms with Crippen molar-refractivity contribution in [2.45, 2.75) is 38.1 Å². The molecule has 0 fully saturated rings. The van der Waals surface area contributed by atoms with Gasteiger partial charge in [-0.1, -0.05) is 30.0 Å². The average molecular weight is 325 g/mol. The first kappa shape index (κ1) is 15.7. The van der Waals surface area contributed by atoms with Crippen LogP contribution in [-0.2, 0) is 0 Å². The molecule has 0 aliphatic carbocycles. The molecule has 1 N–H and O–H groups in total. The molecule has 118 valence electrons. The minimum Gasteiger partial charge on any atom is -0.360 e. The molecule has 0 aliphatic heterocycles. The van der Waals surface area contributed by atoms with Gasteiger partial charge in [0.1, 0.15) is 0 Å². The van der Waals surface area contributed by atoms with Crippen LogP contribution in [-0.4, -0.2) is 26.0 Å². The highest BCUT2D eigenvalue weighted by atomic mass is 32.2. The normalized spacial score (nSPS) is 12.5. The molecule has 3 rings (SSSR count). The molecule has 1 aromatic carbocycles. The van der Waals surface area contributed by atoms with Gasteiger partial charge in [-0.2, -0.15) is 0 Å². The van der Waals surface area contributed by atoms with Crippen molar-refractivity contribution in [1.82, 2.24) is 15.0 Å². The predicted octanol–water partition coefficient (Wildman–Crippen LogP) is 4.25. The number of rotatable bonds is 4. The van der Waals surface area contributed by atoms with Gasteiger partial charge in [0.25, 0.3) is 0 Å². The number of carbonyl (C=O) groups is 1. The highest BCUT2D eigenvalue weighted by Crippen LogP contribution is 2.27. The fourth-order valence-electron chi connectivity index (χ4n) is 2.50. The van der Waals surface area contributed by atoms with Gasteiger partial charge in [-0.15, -0.1) is 0 Å². The van der Waals surface area contributed by atoms with E-state index in [0.717, 1.165) is 33.4 Å². The molecular weight excluding hydrogens is 306 g/mol. The molecular formula is C18H19N3OS. The van der Waals surface area contributed by atoms with Crippen LogP contribution in [0, 0.1) is 20.8 Å². The van der Waals surface area contributed by atoms with E-state index in [1.165, 1.54) is 11.8 Å². The van der Waals surface area contributed by atoms with Gasteiger partial charge in [0, 0.05) is 34.1 Å². The minimum atomic E-state index is -0.240. The number of carbonyl (C=O) groups excluding carboxylic acids is 1. The van der Waals surface area contributed by atoms with Crippen LogP contribution >= 0.6 is 11.8 Å². The van der Waals surface area contributed by atoms with Crippen LogP contribution in [0.2, 0.25) is 0 Å². The van der Waals surface area contributed by atoms with E-state index in [2.05, 4.69) is 15.0 Å². The molecule has 0 spiro atoms. The Kier molecular flexibility index (Phi) is 4.22. The summed E-state index contributed by atoms with van der Waals surface area (Å²) >= 11 is 1.41. The van der Waals surface area contributed by atoms with Crippen molar-refractivity contribution in [1.29, 1.82) is 0 Å². The Labute approximate surface area is 139 Å². The summed E-state index contributed by atoms with van der Waals surface area (Å²) < 4.78 is 0. The van der Waals surface area contributed by atoms with E-state index in [4.69, 9.17) is 0 Å². The second-order valence-electron chi connectivity index (χ2n) is 5.67. The van der Waals surface area contributed by atoms with Crippen LogP contribution in [0.5, 0.6) is 0 Å². The maximum Gasteiger partial charge on any atom is 0.188 e. The van der Waals surface area contributed by atoms with E-state index in [-0.39, 0.29) is 11.0 Å². The van der Waals surface area contributed by atoms with E-state index < -0.39 is 0 Å². The van der Waals surface area contributed by atoms with Gasteiger partial charge in [-0.25, -0.2) is 9.97 Å². The van der Waals surface area contributed by atoms with Gasteiger partial charge < -0.3 is 4.98 Å². The number of aromatic amines is 1. The van der Waals surface area contributed by atoms with E-state index in [9.17, 15) is 4.79 Å². The molecule has 0 saturated carbocycles. The average Bonchev–Trinajstić information content (AvgIpc) is 2.95. The highest BCUT2D eigenvalue weighted by Gasteiger charge is 2.21. The van der Waals surface area contributed by atoms with Gasteiger partial charge in [0.15, 0.2) is 10.9 Å². The van der Waals surface area contributed by atoms with E-state index in [1.807, 2.05) is 52.0 Å². The summed E-state index contributed by atoms with van der Waals surface area (Å²) in [5, 5.41) is 1.38. The summed E-state index contributed by atoms with van der Waals surface area (Å²) in [7, 11) is 0. The van der Waals surface area contributed by atoms with Crippen molar-refractivity contribution in [3.8, 4) is 0 Å². The first-order valence-corrected chi connectivity index (χ1v) is 8.44. The van der Waals surface area contributed by atoms with E-state index in [0.29, 0.717) is 5.16 Å². The number of aromatic nitrogens is 3. The molecule has 0 bridgehead atoms. The number of hydrogen-bond acceptors (Lipinski definition) is 4. The predicted molar refractivity (Wildman–Crippen MR) is 94.2 cm³/mol. The number of para-hydroxylation sites is 1. The number of aryl methyl sites for hydroxylation is 2. The lowest BCUT2D eigenvalue weighted by Crippen LogP contribution is -2.14. The van der Waals surface area contributed by atoms with Crippen molar-refractivity contribution in [3.63, 3.8) is 0 Å². The molecule has 2 aromatic heterocycles. The quantitative estimate of drug-likeness (QED) is 0.443. The third kappa shape index (κ3) is 3.01. The fraction of sp³-hybridized carbons (Fsp3) is 0.278. The van der Waals surface area contributed by atoms with Crippen molar-refractivity contribution in [3.05, 3.63) is 53.0 Å². The molecule has 0 radical (unpaired) electrons. The third-order valence-electron chi connectivity index (χ3n) is 4.12. The van der Waals surface area contributed by atoms with Crippen molar-refractivity contribution < 1.29 is 4.79 Å². The van der Waals surface area contributed by atoms with Crippen molar-refractivity contribution >= 4 is 28.4 Å². The molecule has 0 saturated heterocycles. The maximum absolute atomic E-state index is 12.8. The molecule has 4 nitrogen and oxygen atoms in total. The lowest BCUT2D eigenvalue weighted by molar-refractivity contribution is 0.0995. The summed E-state index contributed by atoms with van der Waals surface area (Å²) in [6.45, 7) is 7.86. The second-order valence-corrected chi connectivity index (χ2v) is 6.98. The van der Waals surface area contributed by atoms with Crippen LogP contribution in [0.25, 0.3) is 10.9 Å². The highest BCUT2D eigenvalue weighted by molar-refractivity contribution is 8.00. The monoisotopic (exact) mass is 325 g/mol. The molecule has 0 aliphatic rings. The standard InChI is InChI=1S/C18H19N3OS/c1-10-11(2)20-18(21-12(10)3)23-13(4)17(22)15-9-19-16-8-6-5-7-14(15)16/h5-9,13,19H,1-4H3/t13-/m0/s1. The zero-order valence-corrected chi connectivity index (χ0v) is 14.5. The topological polar surface area (TPSA) is 58.6 Å². The Morgan fingerprint density at radius 3 is 2.48 bits per heavy atom. The number of nitrogens with zero attached hydrogens (tertiary/aromatic N) is 2. The van der Waals surface area contributed by atoms with Crippen LogP contribution < -0.4 is 0 Å². The Hall–Kier alpha value is -2.14. The van der Waals surface area contributed by atoms with Crippen LogP contribution in [0.3, 0.4) is 0 Å².